The molecule has 3 rings (SSSR count). The maximum absolute atomic E-state index is 12.5. The summed E-state index contributed by atoms with van der Waals surface area (Å²) in [6.45, 7) is 1.09. The van der Waals surface area contributed by atoms with Crippen LogP contribution in [0.15, 0.2) is 28.3 Å². The minimum Gasteiger partial charge on any atom is -0.335 e. The van der Waals surface area contributed by atoms with E-state index in [9.17, 15) is 18.0 Å². The fourth-order valence-electron chi connectivity index (χ4n) is 3.45. The van der Waals surface area contributed by atoms with Crippen molar-refractivity contribution >= 4 is 33.7 Å². The van der Waals surface area contributed by atoms with Crippen LogP contribution in [0.3, 0.4) is 0 Å². The van der Waals surface area contributed by atoms with Crippen molar-refractivity contribution in [3.63, 3.8) is 0 Å². The van der Waals surface area contributed by atoms with Crippen LogP contribution < -0.4 is 10.6 Å². The summed E-state index contributed by atoms with van der Waals surface area (Å²) in [7, 11) is -3.49. The second kappa shape index (κ2) is 9.71. The second-order valence-corrected chi connectivity index (χ2v) is 10.0. The summed E-state index contributed by atoms with van der Waals surface area (Å²) in [6.07, 6.45) is 8.38. The van der Waals surface area contributed by atoms with Gasteiger partial charge in [-0.05, 0) is 37.8 Å². The first-order chi connectivity index (χ1) is 13.4. The number of nitrogens with zero attached hydrogens (tertiary/aromatic N) is 2. The SMILES string of the molecule is O=C(CSc1ccc(S(=O)(=O)N2CCCC2)cn1)NC(=O)NC1CCCCC1. The van der Waals surface area contributed by atoms with E-state index in [0.29, 0.717) is 18.1 Å². The number of pyridine rings is 1. The van der Waals surface area contributed by atoms with Crippen LogP contribution in [0.25, 0.3) is 0 Å². The number of thioether (sulfide) groups is 1. The maximum Gasteiger partial charge on any atom is 0.321 e. The number of imide groups is 1. The Kier molecular flexibility index (Phi) is 7.30. The molecule has 1 aromatic rings. The molecule has 0 atom stereocenters. The Morgan fingerprint density at radius 1 is 1.11 bits per heavy atom. The first kappa shape index (κ1) is 21.1. The number of carbonyl (C=O) groups excluding carboxylic acids is 2. The van der Waals surface area contributed by atoms with Gasteiger partial charge in [-0.1, -0.05) is 31.0 Å². The lowest BCUT2D eigenvalue weighted by atomic mass is 9.96. The summed E-state index contributed by atoms with van der Waals surface area (Å²) in [6, 6.07) is 2.78. The minimum absolute atomic E-state index is 0.0311. The highest BCUT2D eigenvalue weighted by atomic mass is 32.2. The van der Waals surface area contributed by atoms with Gasteiger partial charge in [-0.2, -0.15) is 4.31 Å². The number of urea groups is 1. The van der Waals surface area contributed by atoms with Crippen molar-refractivity contribution in [2.45, 2.75) is 60.9 Å². The number of hydrogen-bond acceptors (Lipinski definition) is 6. The third-order valence-corrected chi connectivity index (χ3v) is 7.78. The van der Waals surface area contributed by atoms with E-state index in [1.807, 2.05) is 0 Å². The Morgan fingerprint density at radius 3 is 2.46 bits per heavy atom. The highest BCUT2D eigenvalue weighted by Gasteiger charge is 2.27. The third kappa shape index (κ3) is 5.68. The summed E-state index contributed by atoms with van der Waals surface area (Å²) in [5, 5.41) is 5.69. The zero-order valence-corrected chi connectivity index (χ0v) is 17.4. The number of carbonyl (C=O) groups is 2. The molecule has 0 aromatic carbocycles. The van der Waals surface area contributed by atoms with Gasteiger partial charge in [0, 0.05) is 25.3 Å². The molecule has 1 aromatic heterocycles. The molecule has 0 unspecified atom stereocenters. The predicted octanol–water partition coefficient (Wildman–Crippen LogP) is 2.12. The summed E-state index contributed by atoms with van der Waals surface area (Å²) in [4.78, 5) is 28.1. The molecule has 1 saturated carbocycles. The molecular weight excluding hydrogens is 400 g/mol. The molecule has 2 fully saturated rings. The first-order valence-corrected chi connectivity index (χ1v) is 12.1. The van der Waals surface area contributed by atoms with Crippen LogP contribution in [0, 0.1) is 0 Å². The molecule has 2 heterocycles. The van der Waals surface area contributed by atoms with E-state index in [1.54, 1.807) is 6.07 Å². The van der Waals surface area contributed by atoms with Gasteiger partial charge in [0.05, 0.1) is 10.8 Å². The fraction of sp³-hybridized carbons (Fsp3) is 0.611. The lowest BCUT2D eigenvalue weighted by Gasteiger charge is -2.22. The van der Waals surface area contributed by atoms with Crippen molar-refractivity contribution in [2.24, 2.45) is 0 Å². The molecular formula is C18H26N4O4S2. The van der Waals surface area contributed by atoms with Crippen molar-refractivity contribution in [1.82, 2.24) is 19.9 Å². The molecule has 0 radical (unpaired) electrons. The van der Waals surface area contributed by atoms with E-state index >= 15 is 0 Å². The van der Waals surface area contributed by atoms with Crippen LogP contribution in [0.1, 0.15) is 44.9 Å². The topological polar surface area (TPSA) is 108 Å². The predicted molar refractivity (Wildman–Crippen MR) is 107 cm³/mol. The Bertz CT molecular complexity index is 786. The second-order valence-electron chi connectivity index (χ2n) is 7.09. The Labute approximate surface area is 169 Å². The first-order valence-electron chi connectivity index (χ1n) is 9.64. The quantitative estimate of drug-likeness (QED) is 0.675. The Hall–Kier alpha value is -1.65. The molecule has 0 bridgehead atoms. The zero-order valence-electron chi connectivity index (χ0n) is 15.7. The Balaban J connectivity index is 1.45. The van der Waals surface area contributed by atoms with Gasteiger partial charge in [-0.15, -0.1) is 0 Å². The summed E-state index contributed by atoms with van der Waals surface area (Å²) < 4.78 is 26.4. The number of rotatable bonds is 6. The van der Waals surface area contributed by atoms with Gasteiger partial charge in [0.2, 0.25) is 15.9 Å². The molecule has 2 N–H and O–H groups in total. The van der Waals surface area contributed by atoms with Crippen LogP contribution >= 0.6 is 11.8 Å². The van der Waals surface area contributed by atoms with E-state index in [2.05, 4.69) is 15.6 Å². The normalized spacial score (nSPS) is 18.7. The van der Waals surface area contributed by atoms with Gasteiger partial charge in [-0.25, -0.2) is 18.2 Å². The largest absolute Gasteiger partial charge is 0.335 e. The van der Waals surface area contributed by atoms with Gasteiger partial charge >= 0.3 is 6.03 Å². The molecule has 1 aliphatic heterocycles. The highest BCUT2D eigenvalue weighted by molar-refractivity contribution is 7.99. The van der Waals surface area contributed by atoms with Gasteiger partial charge in [0.25, 0.3) is 0 Å². The third-order valence-electron chi connectivity index (χ3n) is 4.96. The zero-order chi connectivity index (χ0) is 20.0. The van der Waals surface area contributed by atoms with Crippen molar-refractivity contribution < 1.29 is 18.0 Å². The highest BCUT2D eigenvalue weighted by Crippen LogP contribution is 2.22. The monoisotopic (exact) mass is 426 g/mol. The average molecular weight is 427 g/mol. The summed E-state index contributed by atoms with van der Waals surface area (Å²) in [5.41, 5.74) is 0. The van der Waals surface area contributed by atoms with Crippen molar-refractivity contribution in [1.29, 1.82) is 0 Å². The van der Waals surface area contributed by atoms with Gasteiger partial charge < -0.3 is 5.32 Å². The van der Waals surface area contributed by atoms with Crippen molar-refractivity contribution in [3.05, 3.63) is 18.3 Å². The van der Waals surface area contributed by atoms with Crippen LogP contribution in [-0.4, -0.2) is 54.5 Å². The molecule has 2 aliphatic rings. The van der Waals surface area contributed by atoms with Gasteiger partial charge in [0.15, 0.2) is 0 Å². The minimum atomic E-state index is -3.49. The molecule has 154 valence electrons. The van der Waals surface area contributed by atoms with Crippen LogP contribution in [0.4, 0.5) is 4.79 Å². The van der Waals surface area contributed by atoms with Crippen LogP contribution in [0.5, 0.6) is 0 Å². The van der Waals surface area contributed by atoms with E-state index in [-0.39, 0.29) is 16.7 Å². The van der Waals surface area contributed by atoms with Crippen LogP contribution in [-0.2, 0) is 14.8 Å². The average Bonchev–Trinajstić information content (AvgIpc) is 3.23. The molecule has 8 nitrogen and oxygen atoms in total. The lowest BCUT2D eigenvalue weighted by molar-refractivity contribution is -0.117. The van der Waals surface area contributed by atoms with Crippen LogP contribution in [0.2, 0.25) is 0 Å². The van der Waals surface area contributed by atoms with Crippen molar-refractivity contribution in [3.8, 4) is 0 Å². The number of sulfonamides is 1. The fourth-order valence-corrected chi connectivity index (χ4v) is 5.56. The Morgan fingerprint density at radius 2 is 1.82 bits per heavy atom. The molecule has 0 spiro atoms. The number of nitrogens with one attached hydrogen (secondary N) is 2. The van der Waals surface area contributed by atoms with E-state index in [0.717, 1.165) is 50.3 Å². The van der Waals surface area contributed by atoms with E-state index < -0.39 is 22.0 Å². The molecule has 1 aliphatic carbocycles. The molecule has 1 saturated heterocycles. The summed E-state index contributed by atoms with van der Waals surface area (Å²) in [5.74, 6) is -0.377. The standard InChI is InChI=1S/C18H26N4O4S2/c23-16(21-18(24)20-14-6-2-1-3-7-14)13-27-17-9-8-15(12-19-17)28(25,26)22-10-4-5-11-22/h8-9,12,14H,1-7,10-11,13H2,(H2,20,21,23,24). The number of aromatic nitrogens is 1. The maximum atomic E-state index is 12.5. The van der Waals surface area contributed by atoms with Gasteiger partial charge in [-0.3, -0.25) is 10.1 Å². The van der Waals surface area contributed by atoms with Gasteiger partial charge in [0.1, 0.15) is 4.90 Å². The molecule has 10 heteroatoms. The molecule has 28 heavy (non-hydrogen) atoms. The number of hydrogen-bond donors (Lipinski definition) is 2. The lowest BCUT2D eigenvalue weighted by Crippen LogP contribution is -2.45. The smallest absolute Gasteiger partial charge is 0.321 e. The summed E-state index contributed by atoms with van der Waals surface area (Å²) >= 11 is 1.16. The number of amides is 3. The van der Waals surface area contributed by atoms with E-state index in [4.69, 9.17) is 0 Å². The molecule has 3 amide bonds. The van der Waals surface area contributed by atoms with Crippen molar-refractivity contribution in [2.75, 3.05) is 18.8 Å². The van der Waals surface area contributed by atoms with E-state index in [1.165, 1.54) is 23.0 Å².